The number of amides is 1. The highest BCUT2D eigenvalue weighted by Crippen LogP contribution is 2.36. The zero-order valence-corrected chi connectivity index (χ0v) is 22.0. The number of benzene rings is 3. The van der Waals surface area contributed by atoms with Crippen molar-refractivity contribution in [2.75, 3.05) is 12.4 Å². The van der Waals surface area contributed by atoms with Crippen molar-refractivity contribution >= 4 is 40.9 Å². The van der Waals surface area contributed by atoms with E-state index in [-0.39, 0.29) is 16.3 Å². The van der Waals surface area contributed by atoms with E-state index < -0.39 is 17.1 Å². The molecule has 1 atom stereocenters. The highest BCUT2D eigenvalue weighted by Gasteiger charge is 2.22. The largest absolute Gasteiger partial charge is 0.497 e. The van der Waals surface area contributed by atoms with Crippen LogP contribution in [0.5, 0.6) is 5.75 Å². The average molecular weight is 544 g/mol. The summed E-state index contributed by atoms with van der Waals surface area (Å²) in [5.41, 5.74) is 3.53. The Hall–Kier alpha value is -4.32. The minimum atomic E-state index is -1.13. The molecule has 4 rings (SSSR count). The van der Waals surface area contributed by atoms with E-state index >= 15 is 0 Å². The van der Waals surface area contributed by atoms with Crippen LogP contribution in [-0.4, -0.2) is 34.3 Å². The second kappa shape index (κ2) is 11.8. The molecule has 0 aliphatic heterocycles. The summed E-state index contributed by atoms with van der Waals surface area (Å²) in [6.45, 7) is 1.68. The number of aromatic carboxylic acids is 1. The lowest BCUT2D eigenvalue weighted by atomic mass is 9.99. The van der Waals surface area contributed by atoms with Gasteiger partial charge in [-0.1, -0.05) is 65.8 Å². The minimum Gasteiger partial charge on any atom is -0.497 e. The maximum absolute atomic E-state index is 13.1. The summed E-state index contributed by atoms with van der Waals surface area (Å²) in [4.78, 5) is 29.1. The first kappa shape index (κ1) is 26.7. The number of thioether (sulfide) groups is 1. The van der Waals surface area contributed by atoms with Crippen LogP contribution < -0.4 is 10.1 Å². The Morgan fingerprint density at radius 2 is 1.76 bits per heavy atom. The van der Waals surface area contributed by atoms with Crippen LogP contribution in [0, 0.1) is 11.3 Å². The molecule has 0 aliphatic rings. The van der Waals surface area contributed by atoms with E-state index in [0.29, 0.717) is 27.6 Å². The number of halogens is 1. The van der Waals surface area contributed by atoms with E-state index in [1.807, 2.05) is 60.7 Å². The highest BCUT2D eigenvalue weighted by molar-refractivity contribution is 8.00. The molecule has 38 heavy (non-hydrogen) atoms. The number of nitrogens with zero attached hydrogens (tertiary/aromatic N) is 2. The molecular formula is C29H22ClN3O4S. The Labute approximate surface area is 229 Å². The number of pyridine rings is 1. The second-order valence-electron chi connectivity index (χ2n) is 8.19. The molecule has 4 aromatic rings. The third-order valence-corrected chi connectivity index (χ3v) is 7.11. The topological polar surface area (TPSA) is 112 Å². The summed E-state index contributed by atoms with van der Waals surface area (Å²) in [7, 11) is 1.59. The predicted molar refractivity (Wildman–Crippen MR) is 149 cm³/mol. The molecule has 9 heteroatoms. The predicted octanol–water partition coefficient (Wildman–Crippen LogP) is 6.77. The summed E-state index contributed by atoms with van der Waals surface area (Å²) in [6, 6.07) is 25.1. The maximum atomic E-state index is 13.1. The number of methoxy groups -OCH3 is 1. The number of carbonyl (C=O) groups excluding carboxylic acids is 1. The third kappa shape index (κ3) is 5.97. The number of carboxylic acid groups (broad SMARTS) is 1. The Morgan fingerprint density at radius 1 is 1.05 bits per heavy atom. The van der Waals surface area contributed by atoms with Gasteiger partial charge < -0.3 is 15.2 Å². The Balaban J connectivity index is 1.71. The van der Waals surface area contributed by atoms with Gasteiger partial charge in [0.25, 0.3) is 0 Å². The number of ether oxygens (including phenoxy) is 1. The molecule has 2 N–H and O–H groups in total. The first-order chi connectivity index (χ1) is 18.3. The Kier molecular flexibility index (Phi) is 8.31. The zero-order valence-electron chi connectivity index (χ0n) is 20.4. The van der Waals surface area contributed by atoms with Gasteiger partial charge in [-0.2, -0.15) is 5.26 Å². The van der Waals surface area contributed by atoms with Gasteiger partial charge in [-0.05, 0) is 48.9 Å². The van der Waals surface area contributed by atoms with Crippen molar-refractivity contribution in [3.8, 4) is 34.2 Å². The average Bonchev–Trinajstić information content (AvgIpc) is 2.94. The molecule has 0 saturated carbocycles. The molecule has 1 heterocycles. The van der Waals surface area contributed by atoms with Crippen molar-refractivity contribution in [1.29, 1.82) is 5.26 Å². The van der Waals surface area contributed by atoms with Gasteiger partial charge in [0, 0.05) is 11.1 Å². The van der Waals surface area contributed by atoms with Gasteiger partial charge in [0.1, 0.15) is 16.8 Å². The number of anilines is 1. The highest BCUT2D eigenvalue weighted by atomic mass is 35.5. The van der Waals surface area contributed by atoms with Crippen molar-refractivity contribution in [2.24, 2.45) is 0 Å². The summed E-state index contributed by atoms with van der Waals surface area (Å²) < 4.78 is 5.27. The number of rotatable bonds is 8. The van der Waals surface area contributed by atoms with E-state index in [0.717, 1.165) is 22.9 Å². The number of hydrogen-bond acceptors (Lipinski definition) is 6. The number of carbonyl (C=O) groups is 2. The van der Waals surface area contributed by atoms with Crippen LogP contribution >= 0.6 is 23.4 Å². The standard InChI is InChI=1S/C29H22ClN3O4S/c1-17(27(34)32-26-14-20(29(35)36)10-13-24(26)30)38-28-23(16-31)22(18-8-11-21(37-2)12-9-18)15-25(33-28)19-6-4-3-5-7-19/h3-15,17H,1-2H3,(H,32,34)(H,35,36). The van der Waals surface area contributed by atoms with Crippen LogP contribution in [0.4, 0.5) is 5.69 Å². The van der Waals surface area contributed by atoms with E-state index in [9.17, 15) is 20.0 Å². The summed E-state index contributed by atoms with van der Waals surface area (Å²) in [5, 5.41) is 22.0. The van der Waals surface area contributed by atoms with Crippen molar-refractivity contribution < 1.29 is 19.4 Å². The van der Waals surface area contributed by atoms with Crippen LogP contribution in [0.2, 0.25) is 5.02 Å². The molecule has 1 aromatic heterocycles. The van der Waals surface area contributed by atoms with Gasteiger partial charge in [0.05, 0.1) is 39.9 Å². The van der Waals surface area contributed by atoms with Crippen LogP contribution in [0.15, 0.2) is 83.9 Å². The molecule has 190 valence electrons. The summed E-state index contributed by atoms with van der Waals surface area (Å²) >= 11 is 7.31. The van der Waals surface area contributed by atoms with Crippen LogP contribution in [0.3, 0.4) is 0 Å². The lowest BCUT2D eigenvalue weighted by molar-refractivity contribution is -0.115. The third-order valence-electron chi connectivity index (χ3n) is 5.70. The lowest BCUT2D eigenvalue weighted by Crippen LogP contribution is -2.23. The van der Waals surface area contributed by atoms with Gasteiger partial charge >= 0.3 is 5.97 Å². The van der Waals surface area contributed by atoms with Crippen molar-refractivity contribution in [2.45, 2.75) is 17.2 Å². The summed E-state index contributed by atoms with van der Waals surface area (Å²) in [6.07, 6.45) is 0. The Morgan fingerprint density at radius 3 is 2.39 bits per heavy atom. The molecule has 3 aromatic carbocycles. The van der Waals surface area contributed by atoms with Gasteiger partial charge in [0.15, 0.2) is 0 Å². The minimum absolute atomic E-state index is 0.00173. The van der Waals surface area contributed by atoms with Crippen LogP contribution in [0.1, 0.15) is 22.8 Å². The van der Waals surface area contributed by atoms with E-state index in [1.54, 1.807) is 14.0 Å². The molecule has 0 spiro atoms. The van der Waals surface area contributed by atoms with Gasteiger partial charge in [-0.3, -0.25) is 4.79 Å². The number of nitriles is 1. The van der Waals surface area contributed by atoms with Gasteiger partial charge in [-0.15, -0.1) is 0 Å². The quantitative estimate of drug-likeness (QED) is 0.236. The molecule has 0 bridgehead atoms. The summed E-state index contributed by atoms with van der Waals surface area (Å²) in [5.74, 6) is -0.859. The first-order valence-electron chi connectivity index (χ1n) is 11.5. The molecule has 1 amide bonds. The number of nitrogens with one attached hydrogen (secondary N) is 1. The molecule has 0 fully saturated rings. The monoisotopic (exact) mass is 543 g/mol. The molecule has 0 aliphatic carbocycles. The number of aromatic nitrogens is 1. The van der Waals surface area contributed by atoms with Crippen LogP contribution in [-0.2, 0) is 4.79 Å². The maximum Gasteiger partial charge on any atom is 0.335 e. The fourth-order valence-electron chi connectivity index (χ4n) is 3.68. The molecular weight excluding hydrogens is 522 g/mol. The number of carboxylic acids is 1. The first-order valence-corrected chi connectivity index (χ1v) is 12.7. The normalized spacial score (nSPS) is 11.3. The SMILES string of the molecule is COc1ccc(-c2cc(-c3ccccc3)nc(SC(C)C(=O)Nc3cc(C(=O)O)ccc3Cl)c2C#N)cc1. The lowest BCUT2D eigenvalue weighted by Gasteiger charge is -2.16. The van der Waals surface area contributed by atoms with Crippen molar-refractivity contribution in [3.05, 3.63) is 95.0 Å². The van der Waals surface area contributed by atoms with Gasteiger partial charge in [0.2, 0.25) is 5.91 Å². The molecule has 1 unspecified atom stereocenters. The van der Waals surface area contributed by atoms with E-state index in [2.05, 4.69) is 11.4 Å². The molecule has 0 radical (unpaired) electrons. The zero-order chi connectivity index (χ0) is 27.2. The van der Waals surface area contributed by atoms with Crippen molar-refractivity contribution in [3.63, 3.8) is 0 Å². The smallest absolute Gasteiger partial charge is 0.335 e. The van der Waals surface area contributed by atoms with Crippen molar-refractivity contribution in [1.82, 2.24) is 4.98 Å². The fraction of sp³-hybridized carbons (Fsp3) is 0.103. The number of hydrogen-bond donors (Lipinski definition) is 2. The van der Waals surface area contributed by atoms with Gasteiger partial charge in [-0.25, -0.2) is 9.78 Å². The van der Waals surface area contributed by atoms with E-state index in [4.69, 9.17) is 21.3 Å². The van der Waals surface area contributed by atoms with E-state index in [1.165, 1.54) is 18.2 Å². The Bertz CT molecular complexity index is 1540. The second-order valence-corrected chi connectivity index (χ2v) is 9.93. The fourth-order valence-corrected chi connectivity index (χ4v) is 4.77. The molecule has 0 saturated heterocycles. The molecule has 7 nitrogen and oxygen atoms in total. The van der Waals surface area contributed by atoms with Crippen LogP contribution in [0.25, 0.3) is 22.4 Å².